The minimum Gasteiger partial charge on any atom is -0.309 e. The van der Waals surface area contributed by atoms with Crippen molar-refractivity contribution in [2.75, 3.05) is 7.05 Å². The number of rotatable bonds is 3. The van der Waals surface area contributed by atoms with E-state index >= 15 is 0 Å². The molecule has 2 heterocycles. The summed E-state index contributed by atoms with van der Waals surface area (Å²) in [5.74, 6) is 0. The fourth-order valence-corrected chi connectivity index (χ4v) is 5.98. The Hall–Kier alpha value is 0.800. The predicted molar refractivity (Wildman–Crippen MR) is 82.6 cm³/mol. The van der Waals surface area contributed by atoms with E-state index in [0.29, 0.717) is 0 Å². The third-order valence-corrected chi connectivity index (χ3v) is 6.37. The monoisotopic (exact) mass is 443 g/mol. The summed E-state index contributed by atoms with van der Waals surface area (Å²) in [4.78, 5) is 0. The normalized spacial score (nSPS) is 13.0. The molecule has 0 saturated carbocycles. The van der Waals surface area contributed by atoms with Crippen molar-refractivity contribution in [1.29, 1.82) is 0 Å². The highest BCUT2D eigenvalue weighted by atomic mass is 79.9. The van der Waals surface area contributed by atoms with Gasteiger partial charge >= 0.3 is 0 Å². The molecular weight excluding hydrogens is 438 g/mol. The number of thiophene rings is 2. The van der Waals surface area contributed by atoms with Crippen molar-refractivity contribution >= 4 is 70.5 Å². The van der Waals surface area contributed by atoms with Crippen LogP contribution in [0.25, 0.3) is 0 Å². The molecule has 6 heteroatoms. The van der Waals surface area contributed by atoms with Gasteiger partial charge in [-0.15, -0.1) is 11.3 Å². The third-order valence-electron chi connectivity index (χ3n) is 2.24. The van der Waals surface area contributed by atoms with Crippen molar-refractivity contribution in [2.24, 2.45) is 0 Å². The number of nitrogens with one attached hydrogen (secondary N) is 1. The molecule has 1 atom stereocenters. The Bertz CT molecular complexity index is 492. The lowest BCUT2D eigenvalue weighted by Gasteiger charge is -2.15. The standard InChI is InChI=1S/C10H8Br3NS2/c1-14-9(6-3-15-4-7(6)11)5-2-8(12)16-10(5)13/h2-4,9,14H,1H3. The van der Waals surface area contributed by atoms with Crippen molar-refractivity contribution in [1.82, 2.24) is 5.32 Å². The molecule has 0 amide bonds. The lowest BCUT2D eigenvalue weighted by Crippen LogP contribution is -2.17. The van der Waals surface area contributed by atoms with Crippen molar-refractivity contribution in [3.63, 3.8) is 0 Å². The van der Waals surface area contributed by atoms with Gasteiger partial charge < -0.3 is 5.32 Å². The Kier molecular flexibility index (Phi) is 4.66. The summed E-state index contributed by atoms with van der Waals surface area (Å²) in [5, 5.41) is 7.62. The highest BCUT2D eigenvalue weighted by molar-refractivity contribution is 9.12. The van der Waals surface area contributed by atoms with E-state index in [2.05, 4.69) is 69.9 Å². The Labute approximate surface area is 128 Å². The molecule has 86 valence electrons. The molecule has 0 aliphatic carbocycles. The van der Waals surface area contributed by atoms with Gasteiger partial charge in [0.15, 0.2) is 0 Å². The largest absolute Gasteiger partial charge is 0.309 e. The molecule has 0 saturated heterocycles. The summed E-state index contributed by atoms with van der Waals surface area (Å²) in [6.45, 7) is 0. The Morgan fingerprint density at radius 2 is 1.94 bits per heavy atom. The fraction of sp³-hybridized carbons (Fsp3) is 0.200. The first-order valence-electron chi connectivity index (χ1n) is 4.47. The molecule has 2 aromatic rings. The quantitative estimate of drug-likeness (QED) is 0.666. The van der Waals surface area contributed by atoms with Gasteiger partial charge in [-0.2, -0.15) is 11.3 Å². The second-order valence-electron chi connectivity index (χ2n) is 3.18. The van der Waals surface area contributed by atoms with E-state index in [-0.39, 0.29) is 6.04 Å². The van der Waals surface area contributed by atoms with Gasteiger partial charge in [0, 0.05) is 9.85 Å². The lowest BCUT2D eigenvalue weighted by atomic mass is 10.1. The maximum absolute atomic E-state index is 3.61. The van der Waals surface area contributed by atoms with Crippen LogP contribution in [-0.4, -0.2) is 7.05 Å². The molecule has 0 spiro atoms. The average molecular weight is 446 g/mol. The van der Waals surface area contributed by atoms with Gasteiger partial charge in [0.1, 0.15) is 0 Å². The van der Waals surface area contributed by atoms with E-state index in [1.54, 1.807) is 22.7 Å². The van der Waals surface area contributed by atoms with Crippen molar-refractivity contribution < 1.29 is 0 Å². The van der Waals surface area contributed by atoms with Crippen LogP contribution >= 0.6 is 70.5 Å². The number of hydrogen-bond acceptors (Lipinski definition) is 3. The van der Waals surface area contributed by atoms with Crippen LogP contribution in [0.4, 0.5) is 0 Å². The molecule has 1 nitrogen and oxygen atoms in total. The highest BCUT2D eigenvalue weighted by Gasteiger charge is 2.20. The second-order valence-corrected chi connectivity index (χ2v) is 8.52. The first-order chi connectivity index (χ1) is 7.63. The van der Waals surface area contributed by atoms with Crippen LogP contribution in [0.15, 0.2) is 28.9 Å². The van der Waals surface area contributed by atoms with Gasteiger partial charge in [-0.1, -0.05) is 0 Å². The molecule has 0 aliphatic rings. The summed E-state index contributed by atoms with van der Waals surface area (Å²) in [5.41, 5.74) is 2.54. The zero-order valence-corrected chi connectivity index (χ0v) is 14.7. The SMILES string of the molecule is CNC(c1cscc1Br)c1cc(Br)sc1Br. The van der Waals surface area contributed by atoms with Gasteiger partial charge in [-0.3, -0.25) is 0 Å². The van der Waals surface area contributed by atoms with Crippen molar-refractivity contribution in [3.8, 4) is 0 Å². The molecular formula is C10H8Br3NS2. The molecule has 0 radical (unpaired) electrons. The zero-order valence-electron chi connectivity index (χ0n) is 8.26. The fourth-order valence-electron chi connectivity index (χ4n) is 1.53. The minimum absolute atomic E-state index is 0.220. The molecule has 0 bridgehead atoms. The van der Waals surface area contributed by atoms with E-state index in [0.717, 1.165) is 12.0 Å². The predicted octanol–water partition coefficient (Wildman–Crippen LogP) is 5.41. The van der Waals surface area contributed by atoms with Crippen molar-refractivity contribution in [2.45, 2.75) is 6.04 Å². The van der Waals surface area contributed by atoms with Crippen LogP contribution in [0.2, 0.25) is 0 Å². The maximum Gasteiger partial charge on any atom is 0.0761 e. The van der Waals surface area contributed by atoms with Gasteiger partial charge in [0.05, 0.1) is 13.6 Å². The molecule has 0 aliphatic heterocycles. The molecule has 2 aromatic heterocycles. The van der Waals surface area contributed by atoms with Gasteiger partial charge in [0.25, 0.3) is 0 Å². The van der Waals surface area contributed by atoms with E-state index in [1.807, 2.05) is 7.05 Å². The van der Waals surface area contributed by atoms with Crippen molar-refractivity contribution in [3.05, 3.63) is 40.0 Å². The van der Waals surface area contributed by atoms with E-state index < -0.39 is 0 Å². The van der Waals surface area contributed by atoms with Crippen LogP contribution in [0, 0.1) is 0 Å². The van der Waals surface area contributed by atoms with Crippen LogP contribution in [-0.2, 0) is 0 Å². The van der Waals surface area contributed by atoms with Crippen LogP contribution in [0.1, 0.15) is 17.2 Å². The summed E-state index contributed by atoms with van der Waals surface area (Å²) in [6.07, 6.45) is 0. The van der Waals surface area contributed by atoms with Crippen LogP contribution in [0.5, 0.6) is 0 Å². The Morgan fingerprint density at radius 3 is 2.38 bits per heavy atom. The number of halogens is 3. The van der Waals surface area contributed by atoms with Gasteiger partial charge in [-0.25, -0.2) is 0 Å². The lowest BCUT2D eigenvalue weighted by molar-refractivity contribution is 0.691. The van der Waals surface area contributed by atoms with Crippen LogP contribution < -0.4 is 5.32 Å². The second kappa shape index (κ2) is 5.63. The zero-order chi connectivity index (χ0) is 11.7. The third kappa shape index (κ3) is 2.62. The molecule has 16 heavy (non-hydrogen) atoms. The minimum atomic E-state index is 0.220. The first-order valence-corrected chi connectivity index (χ1v) is 8.61. The Balaban J connectivity index is 2.44. The smallest absolute Gasteiger partial charge is 0.0761 e. The summed E-state index contributed by atoms with van der Waals surface area (Å²) < 4.78 is 3.46. The molecule has 0 fully saturated rings. The average Bonchev–Trinajstić information content (AvgIpc) is 2.77. The van der Waals surface area contributed by atoms with E-state index in [9.17, 15) is 0 Å². The summed E-state index contributed by atoms with van der Waals surface area (Å²) in [6, 6.07) is 2.37. The topological polar surface area (TPSA) is 12.0 Å². The molecule has 2 rings (SSSR count). The Morgan fingerprint density at radius 1 is 1.19 bits per heavy atom. The first kappa shape index (κ1) is 13.2. The highest BCUT2D eigenvalue weighted by Crippen LogP contribution is 2.40. The number of hydrogen-bond donors (Lipinski definition) is 1. The van der Waals surface area contributed by atoms with Gasteiger partial charge in [-0.05, 0) is 77.4 Å². The maximum atomic E-state index is 3.61. The van der Waals surface area contributed by atoms with E-state index in [1.165, 1.54) is 11.1 Å². The summed E-state index contributed by atoms with van der Waals surface area (Å²) in [7, 11) is 1.98. The summed E-state index contributed by atoms with van der Waals surface area (Å²) >= 11 is 14.1. The molecule has 1 N–H and O–H groups in total. The van der Waals surface area contributed by atoms with Crippen LogP contribution in [0.3, 0.4) is 0 Å². The molecule has 0 aromatic carbocycles. The van der Waals surface area contributed by atoms with E-state index in [4.69, 9.17) is 0 Å². The molecule has 1 unspecified atom stereocenters. The van der Waals surface area contributed by atoms with Gasteiger partial charge in [0.2, 0.25) is 0 Å².